The topological polar surface area (TPSA) is 35.2 Å². The zero-order valence-corrected chi connectivity index (χ0v) is 11.6. The Hall–Kier alpha value is -0.670. The molecule has 0 amide bonds. The van der Waals surface area contributed by atoms with Gasteiger partial charge in [0.2, 0.25) is 0 Å². The number of nitrogens with two attached hydrogens (primary N) is 1. The first-order chi connectivity index (χ1) is 7.52. The fourth-order valence-corrected chi connectivity index (χ4v) is 2.58. The fraction of sp³-hybridized carbons (Fsp3) is 0.538. The van der Waals surface area contributed by atoms with Gasteiger partial charge in [-0.05, 0) is 43.7 Å². The summed E-state index contributed by atoms with van der Waals surface area (Å²) in [7, 11) is 1.72. The molecular weight excluding hydrogens is 218 g/mol. The molecule has 0 spiro atoms. The van der Waals surface area contributed by atoms with Crippen molar-refractivity contribution in [1.29, 1.82) is 0 Å². The summed E-state index contributed by atoms with van der Waals surface area (Å²) < 4.78 is 5.52. The maximum atomic E-state index is 6.20. The van der Waals surface area contributed by atoms with Gasteiger partial charge in [-0.25, -0.2) is 0 Å². The molecule has 16 heavy (non-hydrogen) atoms. The average Bonchev–Trinajstić information content (AvgIpc) is 2.23. The second-order valence-corrected chi connectivity index (χ2v) is 5.05. The highest BCUT2D eigenvalue weighted by Crippen LogP contribution is 2.33. The van der Waals surface area contributed by atoms with Crippen LogP contribution in [0.3, 0.4) is 0 Å². The van der Waals surface area contributed by atoms with Crippen LogP contribution < -0.4 is 10.5 Å². The van der Waals surface area contributed by atoms with E-state index in [9.17, 15) is 0 Å². The molecule has 1 unspecified atom stereocenters. The van der Waals surface area contributed by atoms with Crippen molar-refractivity contribution in [3.8, 4) is 5.75 Å². The Morgan fingerprint density at radius 2 is 1.94 bits per heavy atom. The summed E-state index contributed by atoms with van der Waals surface area (Å²) in [6, 6.07) is 2.23. The molecule has 1 aromatic carbocycles. The lowest BCUT2D eigenvalue weighted by Gasteiger charge is -2.20. The number of methoxy groups -OCH3 is 1. The number of ether oxygens (including phenoxy) is 1. The predicted octanol–water partition coefficient (Wildman–Crippen LogP) is 2.98. The monoisotopic (exact) mass is 239 g/mol. The number of aryl methyl sites for hydroxylation is 2. The van der Waals surface area contributed by atoms with Gasteiger partial charge in [-0.1, -0.05) is 6.07 Å². The van der Waals surface area contributed by atoms with Crippen LogP contribution >= 0.6 is 11.8 Å². The summed E-state index contributed by atoms with van der Waals surface area (Å²) in [6.07, 6.45) is 2.07. The molecule has 0 aliphatic rings. The molecule has 2 nitrogen and oxygen atoms in total. The molecule has 0 heterocycles. The molecule has 1 atom stereocenters. The average molecular weight is 239 g/mol. The summed E-state index contributed by atoms with van der Waals surface area (Å²) in [5, 5.41) is 0. The van der Waals surface area contributed by atoms with Gasteiger partial charge in [0.25, 0.3) is 0 Å². The Morgan fingerprint density at radius 3 is 2.44 bits per heavy atom. The predicted molar refractivity (Wildman–Crippen MR) is 72.5 cm³/mol. The summed E-state index contributed by atoms with van der Waals surface area (Å²) >= 11 is 1.76. The third-order valence-corrected chi connectivity index (χ3v) is 3.65. The van der Waals surface area contributed by atoms with Crippen LogP contribution in [-0.4, -0.2) is 19.1 Å². The lowest BCUT2D eigenvalue weighted by Crippen LogP contribution is -2.16. The zero-order chi connectivity index (χ0) is 12.3. The van der Waals surface area contributed by atoms with Gasteiger partial charge in [0.1, 0.15) is 5.75 Å². The lowest BCUT2D eigenvalue weighted by atomic mass is 9.95. The van der Waals surface area contributed by atoms with Crippen molar-refractivity contribution < 1.29 is 4.74 Å². The van der Waals surface area contributed by atoms with E-state index < -0.39 is 0 Å². The SMILES string of the molecule is COc1c(C)c(C)cc(C)c1C(N)CSC. The molecule has 0 saturated carbocycles. The van der Waals surface area contributed by atoms with Gasteiger partial charge in [-0.2, -0.15) is 11.8 Å². The second kappa shape index (κ2) is 5.60. The Kier molecular flexibility index (Phi) is 4.69. The van der Waals surface area contributed by atoms with Crippen molar-refractivity contribution in [1.82, 2.24) is 0 Å². The van der Waals surface area contributed by atoms with Crippen molar-refractivity contribution in [2.75, 3.05) is 19.1 Å². The van der Waals surface area contributed by atoms with Crippen LogP contribution in [0.25, 0.3) is 0 Å². The molecule has 0 fully saturated rings. The van der Waals surface area contributed by atoms with Crippen LogP contribution in [0.1, 0.15) is 28.3 Å². The first-order valence-electron chi connectivity index (χ1n) is 5.42. The number of thioether (sulfide) groups is 1. The molecule has 2 N–H and O–H groups in total. The molecule has 1 aromatic rings. The molecule has 1 rings (SSSR count). The van der Waals surface area contributed by atoms with Crippen LogP contribution in [-0.2, 0) is 0 Å². The van der Waals surface area contributed by atoms with Gasteiger partial charge in [-0.3, -0.25) is 0 Å². The Bertz CT molecular complexity index is 377. The van der Waals surface area contributed by atoms with Crippen LogP contribution in [0, 0.1) is 20.8 Å². The summed E-state index contributed by atoms with van der Waals surface area (Å²) in [4.78, 5) is 0. The summed E-state index contributed by atoms with van der Waals surface area (Å²) in [5.74, 6) is 1.87. The Balaban J connectivity index is 3.30. The molecule has 0 radical (unpaired) electrons. The molecule has 90 valence electrons. The third-order valence-electron chi connectivity index (χ3n) is 2.96. The number of rotatable bonds is 4. The Labute approximate surface area is 103 Å². The second-order valence-electron chi connectivity index (χ2n) is 4.14. The van der Waals surface area contributed by atoms with E-state index in [2.05, 4.69) is 33.1 Å². The van der Waals surface area contributed by atoms with Crippen molar-refractivity contribution in [3.05, 3.63) is 28.3 Å². The van der Waals surface area contributed by atoms with Gasteiger partial charge in [0, 0.05) is 17.4 Å². The lowest BCUT2D eigenvalue weighted by molar-refractivity contribution is 0.403. The van der Waals surface area contributed by atoms with Crippen molar-refractivity contribution in [2.45, 2.75) is 26.8 Å². The van der Waals surface area contributed by atoms with Crippen molar-refractivity contribution in [3.63, 3.8) is 0 Å². The van der Waals surface area contributed by atoms with Gasteiger partial charge in [0.15, 0.2) is 0 Å². The zero-order valence-electron chi connectivity index (χ0n) is 10.8. The van der Waals surface area contributed by atoms with Crippen LogP contribution in [0.4, 0.5) is 0 Å². The minimum atomic E-state index is 0.0456. The molecule has 0 aliphatic heterocycles. The molecule has 0 bridgehead atoms. The van der Waals surface area contributed by atoms with Crippen molar-refractivity contribution in [2.24, 2.45) is 5.73 Å². The van der Waals surface area contributed by atoms with E-state index in [1.54, 1.807) is 18.9 Å². The smallest absolute Gasteiger partial charge is 0.127 e. The van der Waals surface area contributed by atoms with E-state index in [1.807, 2.05) is 0 Å². The van der Waals surface area contributed by atoms with E-state index in [1.165, 1.54) is 16.7 Å². The van der Waals surface area contributed by atoms with E-state index in [0.717, 1.165) is 17.1 Å². The minimum Gasteiger partial charge on any atom is -0.496 e. The van der Waals surface area contributed by atoms with Gasteiger partial charge >= 0.3 is 0 Å². The van der Waals surface area contributed by atoms with E-state index in [0.29, 0.717) is 0 Å². The highest BCUT2D eigenvalue weighted by atomic mass is 32.2. The molecule has 0 saturated heterocycles. The first-order valence-corrected chi connectivity index (χ1v) is 6.81. The summed E-state index contributed by atoms with van der Waals surface area (Å²) in [6.45, 7) is 6.29. The van der Waals surface area contributed by atoms with E-state index in [4.69, 9.17) is 10.5 Å². The maximum Gasteiger partial charge on any atom is 0.127 e. The van der Waals surface area contributed by atoms with Crippen LogP contribution in [0.5, 0.6) is 5.75 Å². The number of hydrogen-bond donors (Lipinski definition) is 1. The normalized spacial score (nSPS) is 12.6. The molecule has 0 aromatic heterocycles. The molecular formula is C13H21NOS. The molecule has 3 heteroatoms. The first kappa shape index (κ1) is 13.4. The quantitative estimate of drug-likeness (QED) is 0.877. The van der Waals surface area contributed by atoms with Gasteiger partial charge in [0.05, 0.1) is 7.11 Å². The van der Waals surface area contributed by atoms with Crippen LogP contribution in [0.2, 0.25) is 0 Å². The number of benzene rings is 1. The van der Waals surface area contributed by atoms with E-state index >= 15 is 0 Å². The standard InChI is InChI=1S/C13H21NOS/c1-8-6-9(2)12(11(14)7-16-5)13(15-4)10(8)3/h6,11H,7,14H2,1-5H3. The van der Waals surface area contributed by atoms with Gasteiger partial charge < -0.3 is 10.5 Å². The maximum absolute atomic E-state index is 6.20. The van der Waals surface area contributed by atoms with E-state index in [-0.39, 0.29) is 6.04 Å². The van der Waals surface area contributed by atoms with Crippen molar-refractivity contribution >= 4 is 11.8 Å². The number of hydrogen-bond acceptors (Lipinski definition) is 3. The Morgan fingerprint density at radius 1 is 1.31 bits per heavy atom. The highest BCUT2D eigenvalue weighted by molar-refractivity contribution is 7.98. The summed E-state index contributed by atoms with van der Waals surface area (Å²) in [5.41, 5.74) is 11.0. The molecule has 0 aliphatic carbocycles. The third kappa shape index (κ3) is 2.53. The largest absolute Gasteiger partial charge is 0.496 e. The van der Waals surface area contributed by atoms with Gasteiger partial charge in [-0.15, -0.1) is 0 Å². The fourth-order valence-electron chi connectivity index (χ4n) is 2.06. The van der Waals surface area contributed by atoms with Crippen LogP contribution in [0.15, 0.2) is 6.07 Å². The minimum absolute atomic E-state index is 0.0456. The highest BCUT2D eigenvalue weighted by Gasteiger charge is 2.17.